The first-order valence-electron chi connectivity index (χ1n) is 8.96. The van der Waals surface area contributed by atoms with Gasteiger partial charge in [-0.05, 0) is 18.6 Å². The third-order valence-electron chi connectivity index (χ3n) is 4.26. The molecule has 0 aliphatic carbocycles. The minimum atomic E-state index is -0.500. The van der Waals surface area contributed by atoms with Crippen molar-refractivity contribution in [3.8, 4) is 0 Å². The summed E-state index contributed by atoms with van der Waals surface area (Å²) in [5.74, 6) is -0.952. The first kappa shape index (κ1) is 19.3. The molecule has 1 amide bonds. The van der Waals surface area contributed by atoms with Crippen LogP contribution in [0.3, 0.4) is 0 Å². The van der Waals surface area contributed by atoms with Crippen molar-refractivity contribution in [1.29, 1.82) is 0 Å². The smallest absolute Gasteiger partial charge is 0.325 e. The molecule has 2 aromatic carbocycles. The molecule has 0 aliphatic rings. The Labute approximate surface area is 162 Å². The summed E-state index contributed by atoms with van der Waals surface area (Å²) in [5, 5.41) is 5.19. The number of benzene rings is 2. The van der Waals surface area contributed by atoms with Crippen LogP contribution in [0.25, 0.3) is 10.8 Å². The van der Waals surface area contributed by atoms with Crippen LogP contribution in [0.15, 0.2) is 59.4 Å². The van der Waals surface area contributed by atoms with Crippen molar-refractivity contribution in [2.75, 3.05) is 20.2 Å². The zero-order valence-electron chi connectivity index (χ0n) is 15.8. The highest BCUT2D eigenvalue weighted by Crippen LogP contribution is 2.15. The number of hydrogen-bond donors (Lipinski definition) is 0. The number of esters is 1. The highest BCUT2D eigenvalue weighted by atomic mass is 16.5. The van der Waals surface area contributed by atoms with Crippen LogP contribution in [0, 0.1) is 0 Å². The van der Waals surface area contributed by atoms with Gasteiger partial charge in [-0.2, -0.15) is 5.10 Å². The fourth-order valence-electron chi connectivity index (χ4n) is 2.91. The van der Waals surface area contributed by atoms with Gasteiger partial charge in [-0.15, -0.1) is 0 Å². The number of aromatic nitrogens is 2. The predicted octanol–water partition coefficient (Wildman–Crippen LogP) is 2.08. The van der Waals surface area contributed by atoms with E-state index in [0.717, 1.165) is 5.56 Å². The molecule has 28 heavy (non-hydrogen) atoms. The number of hydrogen-bond acceptors (Lipinski definition) is 5. The van der Waals surface area contributed by atoms with E-state index in [-0.39, 0.29) is 30.9 Å². The van der Waals surface area contributed by atoms with Crippen molar-refractivity contribution in [2.45, 2.75) is 13.5 Å². The van der Waals surface area contributed by atoms with E-state index in [9.17, 15) is 14.4 Å². The lowest BCUT2D eigenvalue weighted by atomic mass is 10.1. The fraction of sp³-hybridized carbons (Fsp3) is 0.238. The minimum absolute atomic E-state index is 0.123. The quantitative estimate of drug-likeness (QED) is 0.613. The number of nitrogens with zero attached hydrogens (tertiary/aromatic N) is 3. The summed E-state index contributed by atoms with van der Waals surface area (Å²) in [5.41, 5.74) is 0.743. The fourth-order valence-corrected chi connectivity index (χ4v) is 2.91. The normalized spacial score (nSPS) is 10.6. The van der Waals surface area contributed by atoms with E-state index in [1.165, 1.54) is 16.6 Å². The van der Waals surface area contributed by atoms with Gasteiger partial charge in [-0.25, -0.2) is 4.68 Å². The Hall–Kier alpha value is -3.48. The van der Waals surface area contributed by atoms with Gasteiger partial charge in [-0.3, -0.25) is 14.4 Å². The van der Waals surface area contributed by atoms with E-state index in [1.54, 1.807) is 31.2 Å². The average molecular weight is 379 g/mol. The minimum Gasteiger partial charge on any atom is -0.465 e. The summed E-state index contributed by atoms with van der Waals surface area (Å²) in [4.78, 5) is 38.8. The highest BCUT2D eigenvalue weighted by Gasteiger charge is 2.21. The van der Waals surface area contributed by atoms with Gasteiger partial charge in [0, 0.05) is 12.4 Å². The summed E-state index contributed by atoms with van der Waals surface area (Å²) >= 11 is 0. The van der Waals surface area contributed by atoms with E-state index in [4.69, 9.17) is 4.74 Å². The van der Waals surface area contributed by atoms with E-state index in [0.29, 0.717) is 10.8 Å². The molecule has 0 fully saturated rings. The number of amides is 1. The molecular formula is C21H21N3O4. The number of ether oxygens (including phenoxy) is 1. The summed E-state index contributed by atoms with van der Waals surface area (Å²) in [7, 11) is 1.50. The van der Waals surface area contributed by atoms with Crippen LogP contribution in [0.5, 0.6) is 0 Å². The molecule has 3 aromatic rings. The molecule has 144 valence electrons. The topological polar surface area (TPSA) is 81.5 Å². The Morgan fingerprint density at radius 1 is 1.04 bits per heavy atom. The largest absolute Gasteiger partial charge is 0.465 e. The van der Waals surface area contributed by atoms with Gasteiger partial charge in [-0.1, -0.05) is 48.5 Å². The molecule has 7 heteroatoms. The van der Waals surface area contributed by atoms with Gasteiger partial charge < -0.3 is 9.64 Å². The van der Waals surface area contributed by atoms with Crippen LogP contribution in [-0.4, -0.2) is 46.8 Å². The number of carbonyl (C=O) groups is 2. The van der Waals surface area contributed by atoms with Crippen molar-refractivity contribution < 1.29 is 14.3 Å². The van der Waals surface area contributed by atoms with Gasteiger partial charge in [0.1, 0.15) is 6.54 Å². The lowest BCUT2D eigenvalue weighted by Gasteiger charge is -2.17. The van der Waals surface area contributed by atoms with E-state index < -0.39 is 11.9 Å². The molecule has 0 saturated carbocycles. The van der Waals surface area contributed by atoms with Crippen LogP contribution < -0.4 is 5.56 Å². The first-order valence-corrected chi connectivity index (χ1v) is 8.96. The van der Waals surface area contributed by atoms with Crippen LogP contribution in [0.1, 0.15) is 23.0 Å². The van der Waals surface area contributed by atoms with Crippen molar-refractivity contribution in [3.63, 3.8) is 0 Å². The number of carbonyl (C=O) groups excluding carboxylic acids is 2. The van der Waals surface area contributed by atoms with Crippen molar-refractivity contribution in [3.05, 3.63) is 76.2 Å². The molecule has 0 N–H and O–H groups in total. The third kappa shape index (κ3) is 4.09. The summed E-state index contributed by atoms with van der Waals surface area (Å²) < 4.78 is 6.18. The Morgan fingerprint density at radius 2 is 1.68 bits per heavy atom. The first-order chi connectivity index (χ1) is 13.5. The lowest BCUT2D eigenvalue weighted by Crippen LogP contribution is -2.35. The van der Waals surface area contributed by atoms with E-state index in [2.05, 4.69) is 5.10 Å². The second kappa shape index (κ2) is 8.47. The van der Waals surface area contributed by atoms with E-state index >= 15 is 0 Å². The van der Waals surface area contributed by atoms with Gasteiger partial charge in [0.05, 0.1) is 18.5 Å². The van der Waals surface area contributed by atoms with Crippen LogP contribution in [0.4, 0.5) is 0 Å². The molecule has 0 atom stereocenters. The van der Waals surface area contributed by atoms with Crippen LogP contribution in [0.2, 0.25) is 0 Å². The molecule has 0 unspecified atom stereocenters. The number of likely N-dealkylation sites (N-methyl/N-ethyl adjacent to an activating group) is 1. The third-order valence-corrected chi connectivity index (χ3v) is 4.26. The maximum atomic E-state index is 13.0. The molecule has 0 aliphatic heterocycles. The maximum absolute atomic E-state index is 13.0. The van der Waals surface area contributed by atoms with Crippen molar-refractivity contribution in [2.24, 2.45) is 0 Å². The summed E-state index contributed by atoms with van der Waals surface area (Å²) in [6.45, 7) is 1.99. The zero-order chi connectivity index (χ0) is 20.1. The molecule has 7 nitrogen and oxygen atoms in total. The molecule has 1 aromatic heterocycles. The molecule has 3 rings (SSSR count). The Balaban J connectivity index is 2.03. The van der Waals surface area contributed by atoms with E-state index in [1.807, 2.05) is 30.3 Å². The molecular weight excluding hydrogens is 358 g/mol. The second-order valence-electron chi connectivity index (χ2n) is 6.31. The van der Waals surface area contributed by atoms with Gasteiger partial charge in [0.25, 0.3) is 11.5 Å². The Bertz CT molecular complexity index is 1060. The van der Waals surface area contributed by atoms with Crippen molar-refractivity contribution in [1.82, 2.24) is 14.7 Å². The molecule has 0 bridgehead atoms. The van der Waals surface area contributed by atoms with Gasteiger partial charge in [0.15, 0.2) is 5.69 Å². The lowest BCUT2D eigenvalue weighted by molar-refractivity contribution is -0.143. The summed E-state index contributed by atoms with van der Waals surface area (Å²) in [6.07, 6.45) is 0. The molecule has 0 radical (unpaired) electrons. The van der Waals surface area contributed by atoms with Crippen LogP contribution in [-0.2, 0) is 16.1 Å². The van der Waals surface area contributed by atoms with Crippen LogP contribution >= 0.6 is 0 Å². The second-order valence-corrected chi connectivity index (χ2v) is 6.31. The molecule has 0 saturated heterocycles. The predicted molar refractivity (Wildman–Crippen MR) is 105 cm³/mol. The Kier molecular flexibility index (Phi) is 5.84. The van der Waals surface area contributed by atoms with Gasteiger partial charge in [0.2, 0.25) is 0 Å². The standard InChI is InChI=1S/C21H21N3O4/c1-3-28-18(25)14-23(2)21(27)19-16-11-7-8-12-17(16)20(26)24(22-19)13-15-9-5-4-6-10-15/h4-12H,3,13-14H2,1-2H3. The zero-order valence-corrected chi connectivity index (χ0v) is 15.8. The molecule has 0 spiro atoms. The number of rotatable bonds is 6. The van der Waals surface area contributed by atoms with Crippen molar-refractivity contribution >= 4 is 22.6 Å². The Morgan fingerprint density at radius 3 is 2.36 bits per heavy atom. The monoisotopic (exact) mass is 379 g/mol. The number of fused-ring (bicyclic) bond motifs is 1. The maximum Gasteiger partial charge on any atom is 0.325 e. The van der Waals surface area contributed by atoms with Gasteiger partial charge >= 0.3 is 5.97 Å². The SMILES string of the molecule is CCOC(=O)CN(C)C(=O)c1nn(Cc2ccccc2)c(=O)c2ccccc12. The molecule has 1 heterocycles. The average Bonchev–Trinajstić information content (AvgIpc) is 2.70. The summed E-state index contributed by atoms with van der Waals surface area (Å²) in [6, 6.07) is 16.3. The highest BCUT2D eigenvalue weighted by molar-refractivity contribution is 6.05.